The Hall–Kier alpha value is -2.73. The highest BCUT2D eigenvalue weighted by Gasteiger charge is 2.20. The van der Waals surface area contributed by atoms with Crippen LogP contribution in [0.2, 0.25) is 0 Å². The topological polar surface area (TPSA) is 51.2 Å². The summed E-state index contributed by atoms with van der Waals surface area (Å²) in [5.41, 5.74) is 2.25. The van der Waals surface area contributed by atoms with Crippen molar-refractivity contribution in [3.8, 4) is 17.0 Å². The van der Waals surface area contributed by atoms with Gasteiger partial charge < -0.3 is 10.1 Å². The van der Waals surface area contributed by atoms with Crippen molar-refractivity contribution in [3.63, 3.8) is 0 Å². The van der Waals surface area contributed by atoms with Gasteiger partial charge in [0.2, 0.25) is 5.91 Å². The van der Waals surface area contributed by atoms with E-state index >= 15 is 0 Å². The molecule has 4 nitrogen and oxygen atoms in total. The third-order valence-electron chi connectivity index (χ3n) is 3.66. The average Bonchev–Trinajstić information content (AvgIpc) is 3.09. The number of thiazole rings is 1. The maximum absolute atomic E-state index is 13.4. The van der Waals surface area contributed by atoms with Crippen molar-refractivity contribution in [1.82, 2.24) is 10.3 Å². The predicted octanol–water partition coefficient (Wildman–Crippen LogP) is 4.18. The van der Waals surface area contributed by atoms with E-state index in [-0.39, 0.29) is 17.8 Å². The molecule has 6 heteroatoms. The van der Waals surface area contributed by atoms with E-state index in [0.29, 0.717) is 17.0 Å². The van der Waals surface area contributed by atoms with Crippen LogP contribution in [0.3, 0.4) is 0 Å². The molecule has 1 amide bonds. The van der Waals surface area contributed by atoms with Gasteiger partial charge in [-0.25, -0.2) is 9.37 Å². The van der Waals surface area contributed by atoms with Gasteiger partial charge in [-0.15, -0.1) is 11.3 Å². The Kier molecular flexibility index (Phi) is 5.09. The maximum atomic E-state index is 13.4. The number of ether oxygens (including phenoxy) is 1. The predicted molar refractivity (Wildman–Crippen MR) is 96.2 cm³/mol. The van der Waals surface area contributed by atoms with E-state index < -0.39 is 0 Å². The Morgan fingerprint density at radius 3 is 2.76 bits per heavy atom. The molecule has 1 heterocycles. The van der Waals surface area contributed by atoms with Crippen LogP contribution in [0.15, 0.2) is 53.9 Å². The molecule has 1 N–H and O–H groups in total. The Labute approximate surface area is 149 Å². The Balaban J connectivity index is 1.98. The average molecular weight is 356 g/mol. The lowest BCUT2D eigenvalue weighted by molar-refractivity contribution is -0.119. The van der Waals surface area contributed by atoms with E-state index in [2.05, 4.69) is 10.3 Å². The number of amides is 1. The van der Waals surface area contributed by atoms with Gasteiger partial charge in [-0.1, -0.05) is 24.3 Å². The molecule has 0 radical (unpaired) electrons. The van der Waals surface area contributed by atoms with Crippen LogP contribution in [-0.4, -0.2) is 18.0 Å². The first-order valence-corrected chi connectivity index (χ1v) is 8.57. The number of hydrogen-bond donors (Lipinski definition) is 1. The summed E-state index contributed by atoms with van der Waals surface area (Å²) in [5.74, 6) is 0.239. The summed E-state index contributed by atoms with van der Waals surface area (Å²) in [6.45, 7) is 1.47. The summed E-state index contributed by atoms with van der Waals surface area (Å²) in [4.78, 5) is 16.3. The molecule has 1 unspecified atom stereocenters. The third-order valence-corrected chi connectivity index (χ3v) is 4.57. The summed E-state index contributed by atoms with van der Waals surface area (Å²) in [6, 6.07) is 13.4. The Morgan fingerprint density at radius 1 is 1.24 bits per heavy atom. The molecule has 0 aliphatic carbocycles. The molecule has 3 aromatic rings. The largest absolute Gasteiger partial charge is 0.497 e. The van der Waals surface area contributed by atoms with Gasteiger partial charge in [0.05, 0.1) is 12.8 Å². The van der Waals surface area contributed by atoms with E-state index in [0.717, 1.165) is 10.6 Å². The maximum Gasteiger partial charge on any atom is 0.217 e. The number of carbonyl (C=O) groups excluding carboxylic acids is 1. The van der Waals surface area contributed by atoms with Crippen LogP contribution in [0.4, 0.5) is 4.39 Å². The van der Waals surface area contributed by atoms with Crippen LogP contribution in [0.25, 0.3) is 11.3 Å². The standard InChI is InChI=1S/C19H17FN2O2S/c1-12(23)21-18(14-6-4-8-16(10-14)24-2)19-22-17(11-25-19)13-5-3-7-15(20)9-13/h3-11,18H,1-2H3,(H,21,23). The van der Waals surface area contributed by atoms with Crippen molar-refractivity contribution in [1.29, 1.82) is 0 Å². The first kappa shape index (κ1) is 17.1. The number of halogens is 1. The van der Waals surface area contributed by atoms with E-state index in [1.807, 2.05) is 29.6 Å². The number of aromatic nitrogens is 1. The fourth-order valence-electron chi connectivity index (χ4n) is 2.51. The van der Waals surface area contributed by atoms with Crippen molar-refractivity contribution in [2.45, 2.75) is 13.0 Å². The second-order valence-electron chi connectivity index (χ2n) is 5.49. The zero-order valence-electron chi connectivity index (χ0n) is 13.8. The second kappa shape index (κ2) is 7.44. The van der Waals surface area contributed by atoms with Crippen molar-refractivity contribution in [2.75, 3.05) is 7.11 Å². The molecule has 2 aromatic carbocycles. The molecular weight excluding hydrogens is 339 g/mol. The van der Waals surface area contributed by atoms with Gasteiger partial charge in [-0.2, -0.15) is 0 Å². The molecule has 0 saturated carbocycles. The number of rotatable bonds is 5. The van der Waals surface area contributed by atoms with Crippen molar-refractivity contribution >= 4 is 17.2 Å². The van der Waals surface area contributed by atoms with E-state index in [1.165, 1.54) is 30.4 Å². The first-order valence-electron chi connectivity index (χ1n) is 7.69. The molecular formula is C19H17FN2O2S. The highest BCUT2D eigenvalue weighted by atomic mass is 32.1. The lowest BCUT2D eigenvalue weighted by atomic mass is 10.1. The Bertz CT molecular complexity index is 894. The SMILES string of the molecule is COc1cccc(C(NC(C)=O)c2nc(-c3cccc(F)c3)cs2)c1. The minimum absolute atomic E-state index is 0.157. The number of methoxy groups -OCH3 is 1. The first-order chi connectivity index (χ1) is 12.1. The number of nitrogens with one attached hydrogen (secondary N) is 1. The summed E-state index contributed by atoms with van der Waals surface area (Å²) in [5, 5.41) is 5.50. The van der Waals surface area contributed by atoms with E-state index in [4.69, 9.17) is 4.74 Å². The summed E-state index contributed by atoms with van der Waals surface area (Å²) >= 11 is 1.42. The molecule has 1 aromatic heterocycles. The van der Waals surface area contributed by atoms with Crippen molar-refractivity contribution < 1.29 is 13.9 Å². The molecule has 128 valence electrons. The third kappa shape index (κ3) is 4.03. The second-order valence-corrected chi connectivity index (χ2v) is 6.38. The summed E-state index contributed by atoms with van der Waals surface area (Å²) in [6.07, 6.45) is 0. The van der Waals surface area contributed by atoms with Gasteiger partial charge in [-0.05, 0) is 29.8 Å². The van der Waals surface area contributed by atoms with Crippen molar-refractivity contribution in [3.05, 3.63) is 70.3 Å². The number of hydrogen-bond acceptors (Lipinski definition) is 4. The molecule has 0 saturated heterocycles. The van der Waals surface area contributed by atoms with Crippen molar-refractivity contribution in [2.24, 2.45) is 0 Å². The minimum Gasteiger partial charge on any atom is -0.497 e. The lowest BCUT2D eigenvalue weighted by Crippen LogP contribution is -2.26. The zero-order chi connectivity index (χ0) is 17.8. The van der Waals surface area contributed by atoms with Crippen LogP contribution >= 0.6 is 11.3 Å². The molecule has 0 fully saturated rings. The molecule has 1 atom stereocenters. The smallest absolute Gasteiger partial charge is 0.217 e. The Morgan fingerprint density at radius 2 is 2.04 bits per heavy atom. The van der Waals surface area contributed by atoms with Crippen LogP contribution in [0, 0.1) is 5.82 Å². The molecule has 0 aliphatic heterocycles. The number of nitrogens with zero attached hydrogens (tertiary/aromatic N) is 1. The van der Waals surface area contributed by atoms with Crippen LogP contribution in [-0.2, 0) is 4.79 Å². The van der Waals surface area contributed by atoms with Crippen LogP contribution in [0.1, 0.15) is 23.5 Å². The van der Waals surface area contributed by atoms with Gasteiger partial charge in [0.25, 0.3) is 0 Å². The quantitative estimate of drug-likeness (QED) is 0.746. The summed E-state index contributed by atoms with van der Waals surface area (Å²) < 4.78 is 18.7. The number of carbonyl (C=O) groups is 1. The monoisotopic (exact) mass is 356 g/mol. The van der Waals surface area contributed by atoms with Crippen LogP contribution < -0.4 is 10.1 Å². The van der Waals surface area contributed by atoms with Gasteiger partial charge in [0.15, 0.2) is 0 Å². The molecule has 25 heavy (non-hydrogen) atoms. The molecule has 0 bridgehead atoms. The number of benzene rings is 2. The molecule has 0 aliphatic rings. The van der Waals surface area contributed by atoms with Gasteiger partial charge >= 0.3 is 0 Å². The summed E-state index contributed by atoms with van der Waals surface area (Å²) in [7, 11) is 1.60. The lowest BCUT2D eigenvalue weighted by Gasteiger charge is -2.16. The van der Waals surface area contributed by atoms with Gasteiger partial charge in [0, 0.05) is 17.9 Å². The molecule has 3 rings (SSSR count). The van der Waals surface area contributed by atoms with Gasteiger partial charge in [-0.3, -0.25) is 4.79 Å². The highest BCUT2D eigenvalue weighted by molar-refractivity contribution is 7.10. The van der Waals surface area contributed by atoms with E-state index in [1.54, 1.807) is 19.2 Å². The fraction of sp³-hybridized carbons (Fsp3) is 0.158. The molecule has 0 spiro atoms. The van der Waals surface area contributed by atoms with Crippen LogP contribution in [0.5, 0.6) is 5.75 Å². The van der Waals surface area contributed by atoms with E-state index in [9.17, 15) is 9.18 Å². The highest BCUT2D eigenvalue weighted by Crippen LogP contribution is 2.30. The zero-order valence-corrected chi connectivity index (χ0v) is 14.6. The fourth-order valence-corrected chi connectivity index (χ4v) is 3.42. The normalized spacial score (nSPS) is 11.8. The van der Waals surface area contributed by atoms with Gasteiger partial charge in [0.1, 0.15) is 22.6 Å². The minimum atomic E-state index is -0.389.